The van der Waals surface area contributed by atoms with E-state index in [0.717, 1.165) is 16.9 Å². The zero-order valence-corrected chi connectivity index (χ0v) is 16.3. The van der Waals surface area contributed by atoms with Crippen molar-refractivity contribution in [3.8, 4) is 16.9 Å². The Morgan fingerprint density at radius 3 is 2.12 bits per heavy atom. The van der Waals surface area contributed by atoms with Gasteiger partial charge in [0, 0.05) is 17.2 Å². The maximum absolute atomic E-state index is 12.7. The van der Waals surface area contributed by atoms with E-state index in [0.29, 0.717) is 11.1 Å². The third kappa shape index (κ3) is 4.03. The quantitative estimate of drug-likeness (QED) is 0.359. The minimum atomic E-state index is -0.754. The average Bonchev–Trinajstić information content (AvgIpc) is 3.23. The molecule has 0 aliphatic heterocycles. The van der Waals surface area contributed by atoms with E-state index in [1.807, 2.05) is 0 Å². The summed E-state index contributed by atoms with van der Waals surface area (Å²) in [6.07, 6.45) is 0. The van der Waals surface area contributed by atoms with E-state index >= 15 is 0 Å². The molecule has 0 saturated heterocycles. The van der Waals surface area contributed by atoms with Crippen LogP contribution in [0.2, 0.25) is 0 Å². The lowest BCUT2D eigenvalue weighted by Crippen LogP contribution is -2.13. The smallest absolute Gasteiger partial charge is 0.303 e. The van der Waals surface area contributed by atoms with Gasteiger partial charge in [0.15, 0.2) is 11.5 Å². The number of nitrogens with zero attached hydrogens (tertiary/aromatic N) is 5. The number of anilines is 1. The Hall–Kier alpha value is -4.93. The van der Waals surface area contributed by atoms with Crippen LogP contribution >= 0.6 is 0 Å². The summed E-state index contributed by atoms with van der Waals surface area (Å²) in [5.41, 5.74) is 0.220. The summed E-state index contributed by atoms with van der Waals surface area (Å²) in [5.74, 6) is -0.356. The third-order valence-corrected chi connectivity index (χ3v) is 4.51. The summed E-state index contributed by atoms with van der Waals surface area (Å²) in [7, 11) is 0. The minimum Gasteiger partial charge on any atom is -0.303 e. The van der Waals surface area contributed by atoms with E-state index in [1.54, 1.807) is 60.7 Å². The van der Waals surface area contributed by atoms with E-state index in [2.05, 4.69) is 15.5 Å². The van der Waals surface area contributed by atoms with Crippen LogP contribution in [-0.4, -0.2) is 30.7 Å². The van der Waals surface area contributed by atoms with Crippen molar-refractivity contribution in [1.82, 2.24) is 15.0 Å². The zero-order valence-electron chi connectivity index (χ0n) is 16.3. The number of non-ortho nitro benzene ring substituents is 1. The van der Waals surface area contributed by atoms with E-state index < -0.39 is 27.1 Å². The summed E-state index contributed by atoms with van der Waals surface area (Å²) in [6, 6.07) is 20.4. The third-order valence-electron chi connectivity index (χ3n) is 4.51. The number of hydrogen-bond acceptors (Lipinski definition) is 7. The minimum absolute atomic E-state index is 0.0812. The first-order valence-electron chi connectivity index (χ1n) is 9.26. The molecule has 0 radical (unpaired) electrons. The number of carbonyl (C=O) groups excluding carboxylic acids is 1. The van der Waals surface area contributed by atoms with Crippen molar-refractivity contribution < 1.29 is 14.6 Å². The van der Waals surface area contributed by atoms with Gasteiger partial charge in [-0.25, -0.2) is 0 Å². The molecule has 1 amide bonds. The molecule has 3 aromatic carbocycles. The Morgan fingerprint density at radius 1 is 0.844 bits per heavy atom. The van der Waals surface area contributed by atoms with Crippen LogP contribution in [0.15, 0.2) is 78.9 Å². The second kappa shape index (κ2) is 8.44. The molecular weight excluding hydrogens is 416 g/mol. The molecule has 4 rings (SSSR count). The summed E-state index contributed by atoms with van der Waals surface area (Å²) in [6.45, 7) is 0. The van der Waals surface area contributed by atoms with Gasteiger partial charge in [-0.15, -0.1) is 15.0 Å². The number of nitrogens with one attached hydrogen (secondary N) is 1. The molecule has 1 N–H and O–H groups in total. The van der Waals surface area contributed by atoms with E-state index in [4.69, 9.17) is 0 Å². The number of nitro benzene ring substituents is 2. The fourth-order valence-corrected chi connectivity index (χ4v) is 3.00. The van der Waals surface area contributed by atoms with Gasteiger partial charge >= 0.3 is 5.69 Å². The Labute approximate surface area is 180 Å². The fraction of sp³-hybridized carbons (Fsp3) is 0. The number of benzene rings is 3. The molecule has 0 spiro atoms. The summed E-state index contributed by atoms with van der Waals surface area (Å²) >= 11 is 0. The zero-order chi connectivity index (χ0) is 22.7. The standard InChI is InChI=1S/C21H14N6O5/c28-21(15-9-5-2-6-10-15)22-20-19(14-7-3-1-4-8-14)23-25(24-20)17-12-11-16(26(29)30)13-18(17)27(31)32/h1-13H,(H,22,24,28). The van der Waals surface area contributed by atoms with Gasteiger partial charge in [-0.1, -0.05) is 48.5 Å². The highest BCUT2D eigenvalue weighted by molar-refractivity contribution is 6.05. The highest BCUT2D eigenvalue weighted by atomic mass is 16.6. The first-order valence-corrected chi connectivity index (χ1v) is 9.26. The van der Waals surface area contributed by atoms with Crippen LogP contribution in [0.4, 0.5) is 17.2 Å². The largest absolute Gasteiger partial charge is 0.303 e. The lowest BCUT2D eigenvalue weighted by molar-refractivity contribution is -0.394. The fourth-order valence-electron chi connectivity index (χ4n) is 3.00. The van der Waals surface area contributed by atoms with Gasteiger partial charge in [-0.05, 0) is 18.2 Å². The highest BCUT2D eigenvalue weighted by Gasteiger charge is 2.24. The lowest BCUT2D eigenvalue weighted by atomic mass is 10.1. The lowest BCUT2D eigenvalue weighted by Gasteiger charge is -2.04. The Kier molecular flexibility index (Phi) is 5.36. The number of aromatic nitrogens is 3. The predicted molar refractivity (Wildman–Crippen MR) is 114 cm³/mol. The Balaban J connectivity index is 1.82. The van der Waals surface area contributed by atoms with Crippen LogP contribution in [-0.2, 0) is 0 Å². The normalized spacial score (nSPS) is 10.5. The van der Waals surface area contributed by atoms with Gasteiger partial charge in [-0.3, -0.25) is 25.0 Å². The van der Waals surface area contributed by atoms with Gasteiger partial charge in [0.05, 0.1) is 15.9 Å². The molecule has 158 valence electrons. The number of hydrogen-bond donors (Lipinski definition) is 1. The highest BCUT2D eigenvalue weighted by Crippen LogP contribution is 2.30. The van der Waals surface area contributed by atoms with Crippen molar-refractivity contribution in [1.29, 1.82) is 0 Å². The van der Waals surface area contributed by atoms with Gasteiger partial charge < -0.3 is 5.32 Å². The average molecular weight is 430 g/mol. The van der Waals surface area contributed by atoms with E-state index in [9.17, 15) is 25.0 Å². The van der Waals surface area contributed by atoms with Crippen LogP contribution in [0, 0.1) is 20.2 Å². The molecule has 0 saturated carbocycles. The van der Waals surface area contributed by atoms with Crippen molar-refractivity contribution in [3.05, 3.63) is 105 Å². The molecule has 0 aliphatic rings. The molecule has 32 heavy (non-hydrogen) atoms. The first kappa shape index (κ1) is 20.3. The van der Waals surface area contributed by atoms with Crippen molar-refractivity contribution in [3.63, 3.8) is 0 Å². The Morgan fingerprint density at radius 2 is 1.50 bits per heavy atom. The second-order valence-corrected chi connectivity index (χ2v) is 6.56. The molecule has 11 nitrogen and oxygen atoms in total. The Bertz CT molecular complexity index is 1320. The summed E-state index contributed by atoms with van der Waals surface area (Å²) in [4.78, 5) is 34.7. The molecule has 0 atom stereocenters. The van der Waals surface area contributed by atoms with Crippen molar-refractivity contribution in [2.75, 3.05) is 5.32 Å². The maximum Gasteiger partial charge on any atom is 0.303 e. The van der Waals surface area contributed by atoms with Crippen molar-refractivity contribution in [2.45, 2.75) is 0 Å². The molecule has 0 unspecified atom stereocenters. The van der Waals surface area contributed by atoms with Crippen molar-refractivity contribution >= 4 is 23.1 Å². The molecule has 0 fully saturated rings. The first-order chi connectivity index (χ1) is 15.4. The van der Waals surface area contributed by atoms with E-state index in [1.165, 1.54) is 6.07 Å². The van der Waals surface area contributed by atoms with Crippen molar-refractivity contribution in [2.24, 2.45) is 0 Å². The van der Waals surface area contributed by atoms with Gasteiger partial charge in [0.25, 0.3) is 11.6 Å². The topological polar surface area (TPSA) is 146 Å². The van der Waals surface area contributed by atoms with Crippen LogP contribution in [0.5, 0.6) is 0 Å². The van der Waals surface area contributed by atoms with Crippen LogP contribution in [0.3, 0.4) is 0 Å². The van der Waals surface area contributed by atoms with Gasteiger partial charge in [-0.2, -0.15) is 0 Å². The maximum atomic E-state index is 12.7. The summed E-state index contributed by atoms with van der Waals surface area (Å²) in [5, 5.41) is 33.8. The molecule has 0 bridgehead atoms. The molecule has 4 aromatic rings. The monoisotopic (exact) mass is 430 g/mol. The molecular formula is C21H14N6O5. The SMILES string of the molecule is O=C(Nc1nn(-c2ccc([N+](=O)[O-])cc2[N+](=O)[O-])nc1-c1ccccc1)c1ccccc1. The van der Waals surface area contributed by atoms with E-state index in [-0.39, 0.29) is 17.2 Å². The number of amides is 1. The molecule has 1 aromatic heterocycles. The predicted octanol–water partition coefficient (Wildman–Crippen LogP) is 4.00. The molecule has 11 heteroatoms. The van der Waals surface area contributed by atoms with Gasteiger partial charge in [0.1, 0.15) is 5.69 Å². The number of carbonyl (C=O) groups is 1. The summed E-state index contributed by atoms with van der Waals surface area (Å²) < 4.78 is 0. The molecule has 1 heterocycles. The van der Waals surface area contributed by atoms with Crippen LogP contribution in [0.1, 0.15) is 10.4 Å². The second-order valence-electron chi connectivity index (χ2n) is 6.56. The van der Waals surface area contributed by atoms with Crippen LogP contribution in [0.25, 0.3) is 16.9 Å². The molecule has 0 aliphatic carbocycles. The number of nitro groups is 2. The number of rotatable bonds is 6. The van der Waals surface area contributed by atoms with Crippen LogP contribution < -0.4 is 5.32 Å². The van der Waals surface area contributed by atoms with Gasteiger partial charge in [0.2, 0.25) is 0 Å².